The summed E-state index contributed by atoms with van der Waals surface area (Å²) in [5, 5.41) is 3.45. The lowest BCUT2D eigenvalue weighted by Gasteiger charge is -2.32. The molecule has 1 N–H and O–H groups in total. The Morgan fingerprint density at radius 3 is 3.38 bits per heavy atom. The number of aliphatic imine (C=N–C) groups is 1. The predicted molar refractivity (Wildman–Crippen MR) is 52.4 cm³/mol. The Morgan fingerprint density at radius 1 is 1.38 bits per heavy atom. The Hall–Kier alpha value is -0.990. The van der Waals surface area contributed by atoms with Gasteiger partial charge < -0.3 is 10.2 Å². The van der Waals surface area contributed by atoms with Gasteiger partial charge >= 0.3 is 0 Å². The zero-order valence-electron chi connectivity index (χ0n) is 7.79. The highest BCUT2D eigenvalue weighted by atomic mass is 15.3. The summed E-state index contributed by atoms with van der Waals surface area (Å²) in [5.41, 5.74) is 1.33. The topological polar surface area (TPSA) is 27.6 Å². The molecule has 0 spiro atoms. The minimum Gasteiger partial charge on any atom is -0.368 e. The first-order valence-electron chi connectivity index (χ1n) is 5.20. The zero-order valence-corrected chi connectivity index (χ0v) is 7.79. The Bertz CT molecular complexity index is 280. The first kappa shape index (κ1) is 7.42. The van der Waals surface area contributed by atoms with Gasteiger partial charge in [0.15, 0.2) is 0 Å². The Labute approximate surface area is 78.5 Å². The molecule has 3 aliphatic heterocycles. The van der Waals surface area contributed by atoms with E-state index in [0.29, 0.717) is 0 Å². The predicted octanol–water partition coefficient (Wildman–Crippen LogP) is 0.945. The molecule has 1 atom stereocenters. The minimum absolute atomic E-state index is 0.738. The summed E-state index contributed by atoms with van der Waals surface area (Å²) >= 11 is 0. The minimum atomic E-state index is 0.738. The fraction of sp³-hybridized carbons (Fsp3) is 0.700. The lowest BCUT2D eigenvalue weighted by Crippen LogP contribution is -2.32. The molecule has 1 unspecified atom stereocenters. The molecule has 13 heavy (non-hydrogen) atoms. The molecule has 0 aliphatic carbocycles. The third kappa shape index (κ3) is 1.06. The average molecular weight is 177 g/mol. The average Bonchev–Trinajstić information content (AvgIpc) is 2.65. The van der Waals surface area contributed by atoms with E-state index in [4.69, 9.17) is 0 Å². The normalized spacial score (nSPS) is 31.4. The van der Waals surface area contributed by atoms with Crippen molar-refractivity contribution in [2.45, 2.75) is 19.3 Å². The number of hydrogen-bond donors (Lipinski definition) is 1. The van der Waals surface area contributed by atoms with Crippen LogP contribution in [0.15, 0.2) is 16.5 Å². The lowest BCUT2D eigenvalue weighted by molar-refractivity contribution is 0.307. The molecule has 0 saturated carbocycles. The summed E-state index contributed by atoms with van der Waals surface area (Å²) in [7, 11) is 0. The number of nitrogens with one attached hydrogen (secondary N) is 1. The molecule has 0 amide bonds. The Balaban J connectivity index is 2.03. The maximum atomic E-state index is 4.54. The van der Waals surface area contributed by atoms with E-state index in [0.717, 1.165) is 12.5 Å². The first-order valence-corrected chi connectivity index (χ1v) is 5.20. The number of allylic oxidation sites excluding steroid dienone is 1. The van der Waals surface area contributed by atoms with Crippen LogP contribution in [0.4, 0.5) is 0 Å². The molecule has 0 aromatic heterocycles. The van der Waals surface area contributed by atoms with Crippen LogP contribution in [0.25, 0.3) is 0 Å². The van der Waals surface area contributed by atoms with Gasteiger partial charge in [-0.05, 0) is 19.3 Å². The molecule has 3 heterocycles. The van der Waals surface area contributed by atoms with E-state index in [1.54, 1.807) is 0 Å². The molecule has 0 radical (unpaired) electrons. The fourth-order valence-corrected chi connectivity index (χ4v) is 2.54. The molecule has 3 aliphatic rings. The third-order valence-electron chi connectivity index (χ3n) is 3.24. The van der Waals surface area contributed by atoms with Crippen molar-refractivity contribution >= 4 is 6.21 Å². The molecule has 3 heteroatoms. The van der Waals surface area contributed by atoms with Crippen molar-refractivity contribution in [1.82, 2.24) is 10.2 Å². The standard InChI is InChI=1S/C10H15N3/c1-2-8-3-6-13-7-5-12-10(13)9(8)11-4-1/h4,8,12H,1-3,5-7H2. The van der Waals surface area contributed by atoms with Crippen LogP contribution in [0.1, 0.15) is 19.3 Å². The van der Waals surface area contributed by atoms with Crippen molar-refractivity contribution in [1.29, 1.82) is 0 Å². The maximum absolute atomic E-state index is 4.54. The number of fused-ring (bicyclic) bond motifs is 2. The van der Waals surface area contributed by atoms with Gasteiger partial charge in [-0.25, -0.2) is 0 Å². The highest BCUT2D eigenvalue weighted by molar-refractivity contribution is 5.61. The van der Waals surface area contributed by atoms with Crippen LogP contribution in [0, 0.1) is 5.92 Å². The van der Waals surface area contributed by atoms with Crippen LogP contribution in [-0.4, -0.2) is 30.7 Å². The van der Waals surface area contributed by atoms with Crippen molar-refractivity contribution < 1.29 is 0 Å². The molecular weight excluding hydrogens is 162 g/mol. The lowest BCUT2D eigenvalue weighted by atomic mass is 9.91. The van der Waals surface area contributed by atoms with E-state index >= 15 is 0 Å². The highest BCUT2D eigenvalue weighted by Gasteiger charge is 2.31. The second-order valence-corrected chi connectivity index (χ2v) is 4.02. The van der Waals surface area contributed by atoms with Gasteiger partial charge in [0.2, 0.25) is 0 Å². The Morgan fingerprint density at radius 2 is 2.38 bits per heavy atom. The quantitative estimate of drug-likeness (QED) is 0.596. The molecule has 0 bridgehead atoms. The van der Waals surface area contributed by atoms with Crippen LogP contribution in [0.3, 0.4) is 0 Å². The summed E-state index contributed by atoms with van der Waals surface area (Å²) in [6, 6.07) is 0. The smallest absolute Gasteiger partial charge is 0.124 e. The van der Waals surface area contributed by atoms with Crippen LogP contribution in [-0.2, 0) is 0 Å². The number of rotatable bonds is 0. The van der Waals surface area contributed by atoms with Gasteiger partial charge in [0.25, 0.3) is 0 Å². The summed E-state index contributed by atoms with van der Waals surface area (Å²) in [6.07, 6.45) is 5.85. The zero-order chi connectivity index (χ0) is 8.67. The van der Waals surface area contributed by atoms with Crippen molar-refractivity contribution in [2.24, 2.45) is 10.9 Å². The summed E-state index contributed by atoms with van der Waals surface area (Å²) < 4.78 is 0. The number of nitrogens with zero attached hydrogens (tertiary/aromatic N) is 2. The first-order chi connectivity index (χ1) is 6.45. The molecule has 0 aromatic carbocycles. The van der Waals surface area contributed by atoms with Crippen LogP contribution in [0.2, 0.25) is 0 Å². The van der Waals surface area contributed by atoms with Gasteiger partial charge in [-0.2, -0.15) is 0 Å². The van der Waals surface area contributed by atoms with Gasteiger partial charge in [0.05, 0.1) is 5.70 Å². The molecule has 70 valence electrons. The van der Waals surface area contributed by atoms with Crippen LogP contribution >= 0.6 is 0 Å². The van der Waals surface area contributed by atoms with Gasteiger partial charge in [-0.1, -0.05) is 0 Å². The summed E-state index contributed by atoms with van der Waals surface area (Å²) in [6.45, 7) is 3.49. The van der Waals surface area contributed by atoms with E-state index in [-0.39, 0.29) is 0 Å². The number of hydrogen-bond acceptors (Lipinski definition) is 3. The Kier molecular flexibility index (Phi) is 1.57. The monoisotopic (exact) mass is 177 g/mol. The van der Waals surface area contributed by atoms with Crippen molar-refractivity contribution in [3.63, 3.8) is 0 Å². The summed E-state index contributed by atoms with van der Waals surface area (Å²) in [4.78, 5) is 6.98. The maximum Gasteiger partial charge on any atom is 0.124 e. The fourth-order valence-electron chi connectivity index (χ4n) is 2.54. The summed E-state index contributed by atoms with van der Waals surface area (Å²) in [5.74, 6) is 2.06. The van der Waals surface area contributed by atoms with Crippen LogP contribution < -0.4 is 5.32 Å². The third-order valence-corrected chi connectivity index (χ3v) is 3.24. The van der Waals surface area contributed by atoms with E-state index in [2.05, 4.69) is 21.4 Å². The molecule has 3 nitrogen and oxygen atoms in total. The SMILES string of the molecule is C1=NC2=C3NCCN3CCC2CC1. The van der Waals surface area contributed by atoms with E-state index in [9.17, 15) is 0 Å². The van der Waals surface area contributed by atoms with Gasteiger partial charge in [0.1, 0.15) is 5.82 Å². The second kappa shape index (κ2) is 2.76. The molecule has 1 saturated heterocycles. The molecule has 1 fully saturated rings. The van der Waals surface area contributed by atoms with E-state index in [1.807, 2.05) is 0 Å². The van der Waals surface area contributed by atoms with Crippen molar-refractivity contribution in [2.75, 3.05) is 19.6 Å². The van der Waals surface area contributed by atoms with Crippen molar-refractivity contribution in [3.8, 4) is 0 Å². The van der Waals surface area contributed by atoms with Crippen molar-refractivity contribution in [3.05, 3.63) is 11.5 Å². The second-order valence-electron chi connectivity index (χ2n) is 4.02. The van der Waals surface area contributed by atoms with E-state index in [1.165, 1.54) is 43.9 Å². The van der Waals surface area contributed by atoms with Crippen LogP contribution in [0.5, 0.6) is 0 Å². The van der Waals surface area contributed by atoms with Gasteiger partial charge in [-0.15, -0.1) is 0 Å². The van der Waals surface area contributed by atoms with Gasteiger partial charge in [0, 0.05) is 31.8 Å². The molecule has 3 rings (SSSR count). The largest absolute Gasteiger partial charge is 0.368 e. The highest BCUT2D eigenvalue weighted by Crippen LogP contribution is 2.33. The van der Waals surface area contributed by atoms with E-state index < -0.39 is 0 Å². The van der Waals surface area contributed by atoms with Gasteiger partial charge in [-0.3, -0.25) is 4.99 Å². The molecule has 0 aromatic rings. The molecular formula is C10H15N3.